The molecule has 0 radical (unpaired) electrons. The van der Waals surface area contributed by atoms with E-state index in [0.717, 1.165) is 34.0 Å². The minimum absolute atomic E-state index is 0. The van der Waals surface area contributed by atoms with E-state index >= 15 is 0 Å². The molecule has 0 aliphatic heterocycles. The van der Waals surface area contributed by atoms with Gasteiger partial charge in [0.15, 0.2) is 0 Å². The molecule has 194 valence electrons. The summed E-state index contributed by atoms with van der Waals surface area (Å²) in [6.07, 6.45) is 3.16. The molecule has 1 heterocycles. The van der Waals surface area contributed by atoms with Gasteiger partial charge in [-0.25, -0.2) is 0 Å². The van der Waals surface area contributed by atoms with E-state index in [-0.39, 0.29) is 19.8 Å². The molecule has 4 N–H and O–H groups in total. The predicted octanol–water partition coefficient (Wildman–Crippen LogP) is 5.22. The largest absolute Gasteiger partial charge is 0.493 e. The van der Waals surface area contributed by atoms with Gasteiger partial charge in [0.05, 0.1) is 35.4 Å². The molecule has 1 atom stereocenters. The Morgan fingerprint density at radius 2 is 1.81 bits per heavy atom. The molecule has 0 fully saturated rings. The van der Waals surface area contributed by atoms with Crippen LogP contribution in [0.25, 0.3) is 22.0 Å². The minimum atomic E-state index is -0.490. The van der Waals surface area contributed by atoms with Crippen molar-refractivity contribution < 1.29 is 20.9 Å². The van der Waals surface area contributed by atoms with Gasteiger partial charge in [-0.1, -0.05) is 48.9 Å². The number of hydrogen-bond donors (Lipinski definition) is 4. The van der Waals surface area contributed by atoms with Gasteiger partial charge < -0.3 is 25.5 Å². The second-order valence-corrected chi connectivity index (χ2v) is 9.16. The lowest BCUT2D eigenvalue weighted by atomic mass is 10.00. The molecule has 0 saturated carbocycles. The zero-order chi connectivity index (χ0) is 26.4. The molecule has 4 rings (SSSR count). The monoisotopic (exact) mass is 521 g/mol. The number of halogens is 1. The number of para-hydroxylation sites is 1. The first-order chi connectivity index (χ1) is 17.9. The second kappa shape index (κ2) is 12.0. The van der Waals surface area contributed by atoms with Gasteiger partial charge in [0.2, 0.25) is 0 Å². The fourth-order valence-corrected chi connectivity index (χ4v) is 4.50. The van der Waals surface area contributed by atoms with Gasteiger partial charge >= 0.3 is 0 Å². The van der Waals surface area contributed by atoms with Gasteiger partial charge in [0.25, 0.3) is 11.8 Å². The van der Waals surface area contributed by atoms with Crippen LogP contribution in [0.2, 0.25) is 5.02 Å². The fraction of sp³-hybridized carbons (Fsp3) is 0.241. The van der Waals surface area contributed by atoms with Crippen LogP contribution in [0.1, 0.15) is 41.1 Å². The third-order valence-corrected chi connectivity index (χ3v) is 6.47. The van der Waals surface area contributed by atoms with E-state index in [9.17, 15) is 14.7 Å². The summed E-state index contributed by atoms with van der Waals surface area (Å²) < 4.78 is 5.86. The molecule has 3 aromatic carbocycles. The zero-order valence-corrected chi connectivity index (χ0v) is 21.6. The van der Waals surface area contributed by atoms with Crippen LogP contribution in [0, 0.1) is 0 Å². The highest BCUT2D eigenvalue weighted by atomic mass is 35.5. The van der Waals surface area contributed by atoms with Crippen molar-refractivity contribution in [2.24, 2.45) is 0 Å². The van der Waals surface area contributed by atoms with Gasteiger partial charge in [-0.2, -0.15) is 0 Å². The minimum Gasteiger partial charge on any atom is -0.493 e. The molecular formula is C29H32ClN3O4. The number of carbonyl (C=O) groups excluding carboxylic acids is 2. The highest BCUT2D eigenvalue weighted by Crippen LogP contribution is 2.30. The summed E-state index contributed by atoms with van der Waals surface area (Å²) in [5.74, 6) is -0.162. The molecule has 7 nitrogen and oxygen atoms in total. The van der Waals surface area contributed by atoms with Gasteiger partial charge in [0.1, 0.15) is 5.75 Å². The van der Waals surface area contributed by atoms with Gasteiger partial charge in [-0.3, -0.25) is 9.59 Å². The number of carbonyl (C=O) groups is 2. The van der Waals surface area contributed by atoms with Crippen LogP contribution in [-0.4, -0.2) is 48.2 Å². The number of ether oxygens (including phenoxy) is 1. The summed E-state index contributed by atoms with van der Waals surface area (Å²) in [4.78, 5) is 28.7. The summed E-state index contributed by atoms with van der Waals surface area (Å²) in [7, 11) is 1.55. The molecule has 0 spiro atoms. The molecule has 0 aliphatic carbocycles. The van der Waals surface area contributed by atoms with Crippen LogP contribution in [0.5, 0.6) is 5.75 Å². The second-order valence-electron chi connectivity index (χ2n) is 8.75. The van der Waals surface area contributed by atoms with Crippen LogP contribution in [-0.2, 0) is 6.42 Å². The average molecular weight is 522 g/mol. The summed E-state index contributed by atoms with van der Waals surface area (Å²) >= 11 is 6.36. The summed E-state index contributed by atoms with van der Waals surface area (Å²) in [5, 5.41) is 17.0. The smallest absolute Gasteiger partial charge is 0.255 e. The number of H-pyrrole nitrogens is 1. The van der Waals surface area contributed by atoms with E-state index < -0.39 is 6.04 Å². The normalized spacial score (nSPS) is 11.8. The van der Waals surface area contributed by atoms with Crippen molar-refractivity contribution in [2.45, 2.75) is 25.8 Å². The quantitative estimate of drug-likeness (QED) is 0.230. The van der Waals surface area contributed by atoms with E-state index in [1.807, 2.05) is 43.5 Å². The molecule has 0 aliphatic rings. The predicted molar refractivity (Wildman–Crippen MR) is 149 cm³/mol. The topological polar surface area (TPSA) is 103 Å². The van der Waals surface area contributed by atoms with E-state index in [2.05, 4.69) is 15.6 Å². The first-order valence-corrected chi connectivity index (χ1v) is 12.6. The van der Waals surface area contributed by atoms with Crippen molar-refractivity contribution >= 4 is 34.3 Å². The number of fused-ring (bicyclic) bond motifs is 1. The Balaban J connectivity index is 0.00000400. The van der Waals surface area contributed by atoms with Crippen molar-refractivity contribution in [2.75, 3.05) is 20.3 Å². The number of aromatic nitrogens is 1. The van der Waals surface area contributed by atoms with E-state index in [1.165, 1.54) is 0 Å². The lowest BCUT2D eigenvalue weighted by Gasteiger charge is -2.18. The lowest BCUT2D eigenvalue weighted by molar-refractivity contribution is 0.0911. The Hall–Kier alpha value is -3.81. The Morgan fingerprint density at radius 3 is 2.54 bits per heavy atom. The number of hydrogen-bond acceptors (Lipinski definition) is 4. The molecule has 0 unspecified atom stereocenters. The van der Waals surface area contributed by atoms with Crippen LogP contribution >= 0.6 is 11.6 Å². The Kier molecular flexibility index (Phi) is 8.48. The summed E-state index contributed by atoms with van der Waals surface area (Å²) in [6, 6.07) is 17.9. The molecule has 37 heavy (non-hydrogen) atoms. The summed E-state index contributed by atoms with van der Waals surface area (Å²) in [5.41, 5.74) is 4.25. The number of amides is 2. The highest BCUT2D eigenvalue weighted by Gasteiger charge is 2.20. The first kappa shape index (κ1) is 26.3. The number of aliphatic hydroxyl groups excluding tert-OH is 1. The number of nitrogens with one attached hydrogen (secondary N) is 3. The molecule has 2 amide bonds. The van der Waals surface area contributed by atoms with Crippen molar-refractivity contribution in [3.05, 3.63) is 88.6 Å². The van der Waals surface area contributed by atoms with Crippen LogP contribution in [0.15, 0.2) is 66.9 Å². The Morgan fingerprint density at radius 1 is 1.05 bits per heavy atom. The van der Waals surface area contributed by atoms with Crippen LogP contribution in [0.3, 0.4) is 0 Å². The molecule has 1 aromatic heterocycles. The van der Waals surface area contributed by atoms with E-state index in [0.29, 0.717) is 34.9 Å². The molecule has 0 bridgehead atoms. The molecule has 4 aromatic rings. The number of benzene rings is 3. The maximum Gasteiger partial charge on any atom is 0.255 e. The van der Waals surface area contributed by atoms with Gasteiger partial charge in [-0.05, 0) is 59.9 Å². The standard InChI is InChI=1S/C29H30ClN3O4.H2/c1-3-12-37-27-11-9-18(19-8-10-23(25(30)15-19)28(35)31-2)14-24(27)29(36)33-21(17-34)13-20-16-32-26-7-5-4-6-22(20)26;/h4-11,14-16,21,32,34H,3,12-13,17H2,1-2H3,(H,31,35)(H,33,36);1H/t21-;/m0./s1. The Labute approximate surface area is 222 Å². The third kappa shape index (κ3) is 5.96. The zero-order valence-electron chi connectivity index (χ0n) is 20.8. The van der Waals surface area contributed by atoms with Crippen molar-refractivity contribution in [1.82, 2.24) is 15.6 Å². The van der Waals surface area contributed by atoms with Gasteiger partial charge in [0, 0.05) is 25.6 Å². The van der Waals surface area contributed by atoms with E-state index in [4.69, 9.17) is 16.3 Å². The van der Waals surface area contributed by atoms with Gasteiger partial charge in [-0.15, -0.1) is 0 Å². The lowest BCUT2D eigenvalue weighted by Crippen LogP contribution is -2.39. The SMILES string of the molecule is CCCOc1ccc(-c2ccc(C(=O)NC)c(Cl)c2)cc1C(=O)N[C@H](CO)Cc1c[nH]c2ccccc12.[HH]. The number of aliphatic hydroxyl groups is 1. The summed E-state index contributed by atoms with van der Waals surface area (Å²) in [6.45, 7) is 2.24. The fourth-order valence-electron chi connectivity index (χ4n) is 4.23. The maximum atomic E-state index is 13.4. The highest BCUT2D eigenvalue weighted by molar-refractivity contribution is 6.34. The molecular weight excluding hydrogens is 490 g/mol. The molecule has 0 saturated heterocycles. The molecule has 8 heteroatoms. The first-order valence-electron chi connectivity index (χ1n) is 12.2. The van der Waals surface area contributed by atoms with Crippen molar-refractivity contribution in [3.8, 4) is 16.9 Å². The van der Waals surface area contributed by atoms with Crippen LogP contribution < -0.4 is 15.4 Å². The number of aromatic amines is 1. The van der Waals surface area contributed by atoms with E-state index in [1.54, 1.807) is 37.4 Å². The average Bonchev–Trinajstić information content (AvgIpc) is 3.33. The Bertz CT molecular complexity index is 1420. The number of rotatable bonds is 10. The van der Waals surface area contributed by atoms with Crippen molar-refractivity contribution in [1.29, 1.82) is 0 Å². The van der Waals surface area contributed by atoms with Crippen LogP contribution in [0.4, 0.5) is 0 Å². The maximum absolute atomic E-state index is 13.4. The third-order valence-electron chi connectivity index (χ3n) is 6.16. The van der Waals surface area contributed by atoms with Crippen molar-refractivity contribution in [3.63, 3.8) is 0 Å².